The Hall–Kier alpha value is -2.42. The van der Waals surface area contributed by atoms with Gasteiger partial charge in [-0.1, -0.05) is 12.1 Å². The number of hydrogen-bond donors (Lipinski definition) is 2. The molecule has 2 atom stereocenters. The van der Waals surface area contributed by atoms with E-state index in [4.69, 9.17) is 0 Å². The lowest BCUT2D eigenvalue weighted by atomic mass is 9.73. The normalized spacial score (nSPS) is 22.9. The average molecular weight is 399 g/mol. The lowest BCUT2D eigenvalue weighted by Crippen LogP contribution is -2.55. The van der Waals surface area contributed by atoms with Crippen LogP contribution in [0.5, 0.6) is 0 Å². The van der Waals surface area contributed by atoms with Gasteiger partial charge in [0.1, 0.15) is 12.1 Å². The molecule has 7 nitrogen and oxygen atoms in total. The number of likely N-dealkylation sites (tertiary alicyclic amines) is 1. The summed E-state index contributed by atoms with van der Waals surface area (Å²) >= 11 is 0. The molecular weight excluding hydrogens is 373 g/mol. The molecule has 0 aliphatic carbocycles. The summed E-state index contributed by atoms with van der Waals surface area (Å²) in [6.07, 6.45) is 7.64. The highest BCUT2D eigenvalue weighted by atomic mass is 19.1. The van der Waals surface area contributed by atoms with Crippen molar-refractivity contribution in [2.45, 2.75) is 31.8 Å². The van der Waals surface area contributed by atoms with E-state index in [1.54, 1.807) is 16.6 Å². The van der Waals surface area contributed by atoms with Crippen LogP contribution in [0.4, 0.5) is 4.39 Å². The van der Waals surface area contributed by atoms with Gasteiger partial charge in [-0.25, -0.2) is 13.9 Å². The van der Waals surface area contributed by atoms with Crippen molar-refractivity contribution in [2.75, 3.05) is 26.2 Å². The summed E-state index contributed by atoms with van der Waals surface area (Å²) in [5.41, 5.74) is 1.39. The molecular formula is C21H26FN5O2. The number of rotatable bonds is 7. The van der Waals surface area contributed by atoms with Crippen molar-refractivity contribution in [1.82, 2.24) is 24.5 Å². The molecule has 8 heteroatoms. The Balaban J connectivity index is 1.37. The van der Waals surface area contributed by atoms with Crippen molar-refractivity contribution in [3.63, 3.8) is 0 Å². The Morgan fingerprint density at radius 1 is 1.17 bits per heavy atom. The molecule has 1 aromatic carbocycles. The first-order valence-corrected chi connectivity index (χ1v) is 9.98. The molecule has 0 amide bonds. The van der Waals surface area contributed by atoms with Crippen LogP contribution in [0.15, 0.2) is 43.0 Å². The van der Waals surface area contributed by atoms with Gasteiger partial charge < -0.3 is 15.1 Å². The van der Waals surface area contributed by atoms with E-state index >= 15 is 0 Å². The average Bonchev–Trinajstić information content (AvgIpc) is 3.20. The molecule has 29 heavy (non-hydrogen) atoms. The number of aliphatic hydroxyl groups is 2. The minimum atomic E-state index is -0.628. The third kappa shape index (κ3) is 4.44. The van der Waals surface area contributed by atoms with E-state index in [1.165, 1.54) is 18.5 Å². The topological polar surface area (TPSA) is 86.8 Å². The van der Waals surface area contributed by atoms with Gasteiger partial charge in [0.15, 0.2) is 0 Å². The fourth-order valence-electron chi connectivity index (χ4n) is 4.22. The minimum absolute atomic E-state index is 0.102. The van der Waals surface area contributed by atoms with E-state index in [1.807, 2.05) is 12.4 Å². The van der Waals surface area contributed by atoms with Gasteiger partial charge in [0, 0.05) is 30.9 Å². The van der Waals surface area contributed by atoms with Crippen molar-refractivity contribution in [3.8, 4) is 0 Å². The number of halogens is 1. The maximum Gasteiger partial charge on any atom is 0.252 e. The predicted octanol–water partition coefficient (Wildman–Crippen LogP) is 1.48. The first-order valence-electron chi connectivity index (χ1n) is 9.98. The lowest BCUT2D eigenvalue weighted by Gasteiger charge is -2.45. The molecule has 154 valence electrons. The number of piperidine rings is 1. The molecule has 0 spiro atoms. The molecule has 0 bridgehead atoms. The number of fused-ring (bicyclic) bond motifs is 1. The molecule has 2 N–H and O–H groups in total. The van der Waals surface area contributed by atoms with E-state index in [-0.39, 0.29) is 12.4 Å². The molecule has 2 aromatic heterocycles. The monoisotopic (exact) mass is 399 g/mol. The molecule has 0 unspecified atom stereocenters. The van der Waals surface area contributed by atoms with Crippen molar-refractivity contribution in [2.24, 2.45) is 5.41 Å². The molecule has 3 heterocycles. The van der Waals surface area contributed by atoms with Crippen LogP contribution in [0.25, 0.3) is 5.78 Å². The van der Waals surface area contributed by atoms with Crippen molar-refractivity contribution < 1.29 is 14.6 Å². The molecule has 1 fully saturated rings. The van der Waals surface area contributed by atoms with Gasteiger partial charge in [-0.2, -0.15) is 10.1 Å². The van der Waals surface area contributed by atoms with Crippen molar-refractivity contribution in [1.29, 1.82) is 0 Å². The zero-order valence-corrected chi connectivity index (χ0v) is 16.3. The fourth-order valence-corrected chi connectivity index (χ4v) is 4.22. The summed E-state index contributed by atoms with van der Waals surface area (Å²) in [7, 11) is 0. The van der Waals surface area contributed by atoms with Crippen LogP contribution >= 0.6 is 0 Å². The number of benzene rings is 1. The second kappa shape index (κ2) is 8.52. The third-order valence-electron chi connectivity index (χ3n) is 5.88. The van der Waals surface area contributed by atoms with Crippen molar-refractivity contribution in [3.05, 3.63) is 59.9 Å². The largest absolute Gasteiger partial charge is 0.396 e. The summed E-state index contributed by atoms with van der Waals surface area (Å²) in [5.74, 6) is 0.309. The van der Waals surface area contributed by atoms with Crippen LogP contribution in [0.3, 0.4) is 0 Å². The molecule has 0 radical (unpaired) electrons. The van der Waals surface area contributed by atoms with Gasteiger partial charge in [0.25, 0.3) is 5.78 Å². The summed E-state index contributed by atoms with van der Waals surface area (Å²) in [6.45, 7) is 2.18. The molecule has 1 aliphatic heterocycles. The second-order valence-electron chi connectivity index (χ2n) is 7.97. The lowest BCUT2D eigenvalue weighted by molar-refractivity contribution is -0.0748. The highest BCUT2D eigenvalue weighted by Gasteiger charge is 2.42. The van der Waals surface area contributed by atoms with E-state index in [2.05, 4.69) is 20.0 Å². The Kier molecular flexibility index (Phi) is 5.84. The van der Waals surface area contributed by atoms with Gasteiger partial charge in [0.05, 0.1) is 12.7 Å². The summed E-state index contributed by atoms with van der Waals surface area (Å²) < 4.78 is 14.9. The molecule has 3 aromatic rings. The SMILES string of the molecule is OC[C@]1(Cc2ccc(F)cc2)CN(CCCc2cnc3ncnn3c2)CC[C@@H]1O. The minimum Gasteiger partial charge on any atom is -0.396 e. The maximum absolute atomic E-state index is 13.2. The maximum atomic E-state index is 13.2. The summed E-state index contributed by atoms with van der Waals surface area (Å²) in [6, 6.07) is 6.30. The highest BCUT2D eigenvalue weighted by molar-refractivity contribution is 5.25. The number of nitrogens with zero attached hydrogens (tertiary/aromatic N) is 5. The first kappa shape index (κ1) is 19.9. The van der Waals surface area contributed by atoms with Gasteiger partial charge in [-0.3, -0.25) is 0 Å². The van der Waals surface area contributed by atoms with Crippen molar-refractivity contribution >= 4 is 5.78 Å². The van der Waals surface area contributed by atoms with E-state index < -0.39 is 11.5 Å². The van der Waals surface area contributed by atoms with Gasteiger partial charge in [0.2, 0.25) is 0 Å². The molecule has 1 saturated heterocycles. The number of aromatic nitrogens is 4. The van der Waals surface area contributed by atoms with Crippen LogP contribution in [-0.2, 0) is 12.8 Å². The Bertz CT molecular complexity index is 948. The van der Waals surface area contributed by atoms with Crippen LogP contribution in [0.2, 0.25) is 0 Å². The Morgan fingerprint density at radius 2 is 2.00 bits per heavy atom. The number of aryl methyl sites for hydroxylation is 1. The number of aliphatic hydroxyl groups excluding tert-OH is 2. The van der Waals surface area contributed by atoms with Crippen LogP contribution in [0.1, 0.15) is 24.0 Å². The molecule has 1 aliphatic rings. The first-order chi connectivity index (χ1) is 14.1. The quantitative estimate of drug-likeness (QED) is 0.626. The van der Waals surface area contributed by atoms with Crippen LogP contribution in [-0.4, -0.2) is 67.0 Å². The summed E-state index contributed by atoms with van der Waals surface area (Å²) in [4.78, 5) is 10.6. The zero-order valence-electron chi connectivity index (χ0n) is 16.3. The van der Waals surface area contributed by atoms with Crippen LogP contribution in [0, 0.1) is 11.2 Å². The number of hydrogen-bond acceptors (Lipinski definition) is 6. The predicted molar refractivity (Wildman–Crippen MR) is 106 cm³/mol. The molecule has 4 rings (SSSR count). The standard InChI is InChI=1S/C21H26FN5O2/c22-18-5-3-16(4-6-18)10-21(14-28)13-26(9-7-19(21)29)8-1-2-17-11-23-20-24-15-25-27(20)12-17/h3-6,11-12,15,19,28-29H,1-2,7-10,13-14H2/t19-,21-/m0/s1. The van der Waals surface area contributed by atoms with E-state index in [0.29, 0.717) is 25.2 Å². The highest BCUT2D eigenvalue weighted by Crippen LogP contribution is 2.34. The van der Waals surface area contributed by atoms with Crippen LogP contribution < -0.4 is 0 Å². The van der Waals surface area contributed by atoms with E-state index in [9.17, 15) is 14.6 Å². The van der Waals surface area contributed by atoms with Gasteiger partial charge >= 0.3 is 0 Å². The fraction of sp³-hybridized carbons (Fsp3) is 0.476. The Morgan fingerprint density at radius 3 is 2.79 bits per heavy atom. The smallest absolute Gasteiger partial charge is 0.252 e. The van der Waals surface area contributed by atoms with E-state index in [0.717, 1.165) is 37.1 Å². The Labute approximate surface area is 168 Å². The second-order valence-corrected chi connectivity index (χ2v) is 7.97. The molecule has 0 saturated carbocycles. The van der Waals surface area contributed by atoms with Gasteiger partial charge in [-0.15, -0.1) is 0 Å². The zero-order chi connectivity index (χ0) is 20.3. The van der Waals surface area contributed by atoms with Gasteiger partial charge in [-0.05, 0) is 55.5 Å². The third-order valence-corrected chi connectivity index (χ3v) is 5.88. The summed E-state index contributed by atoms with van der Waals surface area (Å²) in [5, 5.41) is 24.9.